The van der Waals surface area contributed by atoms with Gasteiger partial charge in [0.05, 0.1) is 6.61 Å². The molecule has 0 spiro atoms. The number of hydrogen-bond acceptors (Lipinski definition) is 2. The highest BCUT2D eigenvalue weighted by atomic mass is 16.5. The van der Waals surface area contributed by atoms with Gasteiger partial charge < -0.3 is 10.5 Å². The summed E-state index contributed by atoms with van der Waals surface area (Å²) in [7, 11) is 0. The highest BCUT2D eigenvalue weighted by molar-refractivity contribution is 5.30. The van der Waals surface area contributed by atoms with Gasteiger partial charge in [0.1, 0.15) is 5.75 Å². The monoisotopic (exact) mass is 235 g/mol. The fraction of sp³-hybridized carbons (Fsp3) is 0.600. The van der Waals surface area contributed by atoms with Crippen LogP contribution >= 0.6 is 0 Å². The summed E-state index contributed by atoms with van der Waals surface area (Å²) in [6.07, 6.45) is 0.982. The molecule has 1 aromatic rings. The van der Waals surface area contributed by atoms with Gasteiger partial charge in [-0.1, -0.05) is 39.8 Å². The van der Waals surface area contributed by atoms with Crippen LogP contribution in [0.15, 0.2) is 24.3 Å². The van der Waals surface area contributed by atoms with Crippen LogP contribution in [0.5, 0.6) is 5.75 Å². The third-order valence-corrected chi connectivity index (χ3v) is 3.12. The van der Waals surface area contributed by atoms with Crippen molar-refractivity contribution in [2.45, 2.75) is 40.0 Å². The third kappa shape index (κ3) is 4.78. The maximum atomic E-state index is 5.78. The molecule has 17 heavy (non-hydrogen) atoms. The van der Waals surface area contributed by atoms with Gasteiger partial charge in [-0.15, -0.1) is 0 Å². The molecule has 2 N–H and O–H groups in total. The topological polar surface area (TPSA) is 35.2 Å². The summed E-state index contributed by atoms with van der Waals surface area (Å²) in [5, 5.41) is 0. The molecule has 0 heterocycles. The number of benzene rings is 1. The second kappa shape index (κ2) is 6.06. The molecule has 0 fully saturated rings. The van der Waals surface area contributed by atoms with E-state index in [9.17, 15) is 0 Å². The lowest BCUT2D eigenvalue weighted by Crippen LogP contribution is -2.25. The second-order valence-electron chi connectivity index (χ2n) is 5.69. The Kier molecular flexibility index (Phi) is 5.01. The quantitative estimate of drug-likeness (QED) is 0.818. The largest absolute Gasteiger partial charge is 0.494 e. The molecule has 1 aromatic carbocycles. The summed E-state index contributed by atoms with van der Waals surface area (Å²) in [5.41, 5.74) is 7.18. The maximum Gasteiger partial charge on any atom is 0.119 e. The van der Waals surface area contributed by atoms with Crippen LogP contribution in [0.1, 0.15) is 45.6 Å². The average Bonchev–Trinajstić information content (AvgIpc) is 2.29. The van der Waals surface area contributed by atoms with Crippen molar-refractivity contribution in [1.82, 2.24) is 0 Å². The summed E-state index contributed by atoms with van der Waals surface area (Å²) < 4.78 is 5.78. The molecule has 1 rings (SSSR count). The molecule has 0 aliphatic carbocycles. The molecule has 0 unspecified atom stereocenters. The van der Waals surface area contributed by atoms with Crippen molar-refractivity contribution in [3.63, 3.8) is 0 Å². The smallest absolute Gasteiger partial charge is 0.119 e. The van der Waals surface area contributed by atoms with Gasteiger partial charge in [-0.05, 0) is 42.0 Å². The number of rotatable bonds is 6. The molecule has 0 aliphatic heterocycles. The van der Waals surface area contributed by atoms with E-state index in [2.05, 4.69) is 45.9 Å². The SMILES string of the molecule is CC(C)c1cccc(OCCC(C)(C)CN)c1. The second-order valence-corrected chi connectivity index (χ2v) is 5.69. The van der Waals surface area contributed by atoms with Crippen LogP contribution in [-0.2, 0) is 0 Å². The normalized spacial score (nSPS) is 11.9. The zero-order valence-electron chi connectivity index (χ0n) is 11.5. The number of ether oxygens (including phenoxy) is 1. The van der Waals surface area contributed by atoms with Gasteiger partial charge in [0, 0.05) is 0 Å². The van der Waals surface area contributed by atoms with E-state index in [1.807, 2.05) is 6.07 Å². The summed E-state index contributed by atoms with van der Waals surface area (Å²) in [6, 6.07) is 8.33. The lowest BCUT2D eigenvalue weighted by Gasteiger charge is -2.22. The van der Waals surface area contributed by atoms with Crippen LogP contribution in [0.2, 0.25) is 0 Å². The minimum absolute atomic E-state index is 0.162. The Morgan fingerprint density at radius 3 is 2.59 bits per heavy atom. The van der Waals surface area contributed by atoms with E-state index in [4.69, 9.17) is 10.5 Å². The molecule has 0 radical (unpaired) electrons. The Balaban J connectivity index is 2.50. The molecule has 0 saturated heterocycles. The molecule has 0 saturated carbocycles. The summed E-state index contributed by atoms with van der Waals surface area (Å²) in [5.74, 6) is 1.50. The van der Waals surface area contributed by atoms with Crippen LogP contribution in [0.25, 0.3) is 0 Å². The standard InChI is InChI=1S/C15H25NO/c1-12(2)13-6-5-7-14(10-13)17-9-8-15(3,4)11-16/h5-7,10,12H,8-9,11,16H2,1-4H3. The fourth-order valence-electron chi connectivity index (χ4n) is 1.51. The van der Waals surface area contributed by atoms with Crippen molar-refractivity contribution in [3.8, 4) is 5.75 Å². The Morgan fingerprint density at radius 1 is 1.29 bits per heavy atom. The van der Waals surface area contributed by atoms with E-state index >= 15 is 0 Å². The van der Waals surface area contributed by atoms with Gasteiger partial charge in [-0.3, -0.25) is 0 Å². The van der Waals surface area contributed by atoms with Gasteiger partial charge in [0.2, 0.25) is 0 Å². The van der Waals surface area contributed by atoms with Gasteiger partial charge in [-0.25, -0.2) is 0 Å². The Bertz CT molecular complexity index is 345. The third-order valence-electron chi connectivity index (χ3n) is 3.12. The van der Waals surface area contributed by atoms with E-state index < -0.39 is 0 Å². The minimum atomic E-state index is 0.162. The molecule has 0 amide bonds. The number of nitrogens with two attached hydrogens (primary N) is 1. The molecule has 2 heteroatoms. The lowest BCUT2D eigenvalue weighted by atomic mass is 9.90. The van der Waals surface area contributed by atoms with Crippen LogP contribution in [0.3, 0.4) is 0 Å². The fourth-order valence-corrected chi connectivity index (χ4v) is 1.51. The average molecular weight is 235 g/mol. The van der Waals surface area contributed by atoms with Crippen molar-refractivity contribution in [3.05, 3.63) is 29.8 Å². The van der Waals surface area contributed by atoms with Gasteiger partial charge in [0.15, 0.2) is 0 Å². The first-order valence-electron chi connectivity index (χ1n) is 6.37. The zero-order chi connectivity index (χ0) is 12.9. The molecule has 2 nitrogen and oxygen atoms in total. The van der Waals surface area contributed by atoms with Crippen molar-refractivity contribution < 1.29 is 4.74 Å². The molecule has 96 valence electrons. The van der Waals surface area contributed by atoms with Gasteiger partial charge in [0.25, 0.3) is 0 Å². The van der Waals surface area contributed by atoms with E-state index in [1.165, 1.54) is 5.56 Å². The number of hydrogen-bond donors (Lipinski definition) is 1. The predicted octanol–water partition coefficient (Wildman–Crippen LogP) is 3.56. The van der Waals surface area contributed by atoms with Crippen molar-refractivity contribution >= 4 is 0 Å². The molecule has 0 aromatic heterocycles. The lowest BCUT2D eigenvalue weighted by molar-refractivity contribution is 0.233. The first kappa shape index (κ1) is 14.0. The van der Waals surface area contributed by atoms with Crippen LogP contribution < -0.4 is 10.5 Å². The molecular formula is C15H25NO. The zero-order valence-corrected chi connectivity index (χ0v) is 11.5. The van der Waals surface area contributed by atoms with E-state index in [-0.39, 0.29) is 5.41 Å². The summed E-state index contributed by atoms with van der Waals surface area (Å²) >= 11 is 0. The van der Waals surface area contributed by atoms with E-state index in [0.29, 0.717) is 12.5 Å². The Hall–Kier alpha value is -1.02. The van der Waals surface area contributed by atoms with E-state index in [0.717, 1.165) is 18.8 Å². The van der Waals surface area contributed by atoms with Gasteiger partial charge >= 0.3 is 0 Å². The van der Waals surface area contributed by atoms with Crippen LogP contribution in [-0.4, -0.2) is 13.2 Å². The molecular weight excluding hydrogens is 210 g/mol. The molecule has 0 atom stereocenters. The highest BCUT2D eigenvalue weighted by Gasteiger charge is 2.15. The van der Waals surface area contributed by atoms with Crippen molar-refractivity contribution in [2.24, 2.45) is 11.1 Å². The van der Waals surface area contributed by atoms with Crippen LogP contribution in [0.4, 0.5) is 0 Å². The Morgan fingerprint density at radius 2 is 2.00 bits per heavy atom. The Labute approximate surface area is 105 Å². The first-order valence-corrected chi connectivity index (χ1v) is 6.37. The van der Waals surface area contributed by atoms with Crippen molar-refractivity contribution in [2.75, 3.05) is 13.2 Å². The van der Waals surface area contributed by atoms with Gasteiger partial charge in [-0.2, -0.15) is 0 Å². The molecule has 0 aliphatic rings. The summed E-state index contributed by atoms with van der Waals surface area (Å²) in [6.45, 7) is 10.1. The van der Waals surface area contributed by atoms with Crippen LogP contribution in [0, 0.1) is 5.41 Å². The van der Waals surface area contributed by atoms with E-state index in [1.54, 1.807) is 0 Å². The molecule has 0 bridgehead atoms. The minimum Gasteiger partial charge on any atom is -0.494 e. The maximum absolute atomic E-state index is 5.78. The highest BCUT2D eigenvalue weighted by Crippen LogP contribution is 2.22. The predicted molar refractivity (Wildman–Crippen MR) is 73.5 cm³/mol. The summed E-state index contributed by atoms with van der Waals surface area (Å²) in [4.78, 5) is 0. The first-order chi connectivity index (χ1) is 7.94. The van der Waals surface area contributed by atoms with Crippen molar-refractivity contribution in [1.29, 1.82) is 0 Å².